The van der Waals surface area contributed by atoms with Crippen molar-refractivity contribution in [3.8, 4) is 5.88 Å². The normalized spacial score (nSPS) is 16.0. The molecular weight excluding hydrogens is 356 g/mol. The summed E-state index contributed by atoms with van der Waals surface area (Å²) in [6.07, 6.45) is 2.32. The molecule has 0 radical (unpaired) electrons. The fourth-order valence-electron chi connectivity index (χ4n) is 3.39. The molecule has 26 heavy (non-hydrogen) atoms. The van der Waals surface area contributed by atoms with Gasteiger partial charge >= 0.3 is 0 Å². The summed E-state index contributed by atoms with van der Waals surface area (Å²) in [5.41, 5.74) is 1.72. The van der Waals surface area contributed by atoms with Gasteiger partial charge in [0.1, 0.15) is 0 Å². The van der Waals surface area contributed by atoms with Gasteiger partial charge in [0.25, 0.3) is 0 Å². The summed E-state index contributed by atoms with van der Waals surface area (Å²) in [6, 6.07) is 5.06. The molecule has 1 aliphatic heterocycles. The summed E-state index contributed by atoms with van der Waals surface area (Å²) < 4.78 is 27.6. The van der Waals surface area contributed by atoms with E-state index in [4.69, 9.17) is 0 Å². The van der Waals surface area contributed by atoms with E-state index in [1.807, 2.05) is 19.0 Å². The summed E-state index contributed by atoms with van der Waals surface area (Å²) in [4.78, 5) is 13.1. The lowest BCUT2D eigenvalue weighted by Crippen LogP contribution is -2.29. The standard InChI is InChI=1S/C17H24N4O4S/c1-19(2)10-7-14-15-11-13(5-6-16(15)21(18-23)17(14)22)12-26(24,25)20-8-3-4-9-20/h5-6,11,22H,3-4,7-10,12H2,1-2H3. The maximum absolute atomic E-state index is 12.6. The highest BCUT2D eigenvalue weighted by molar-refractivity contribution is 7.88. The van der Waals surface area contributed by atoms with Crippen molar-refractivity contribution in [2.45, 2.75) is 25.0 Å². The van der Waals surface area contributed by atoms with Crippen LogP contribution in [0.25, 0.3) is 10.9 Å². The molecule has 1 aromatic heterocycles. The monoisotopic (exact) mass is 380 g/mol. The minimum atomic E-state index is -3.36. The largest absolute Gasteiger partial charge is 0.493 e. The van der Waals surface area contributed by atoms with E-state index in [2.05, 4.69) is 5.29 Å². The van der Waals surface area contributed by atoms with Crippen LogP contribution in [0.15, 0.2) is 23.5 Å². The fraction of sp³-hybridized carbons (Fsp3) is 0.529. The van der Waals surface area contributed by atoms with Crippen LogP contribution in [0.5, 0.6) is 5.88 Å². The van der Waals surface area contributed by atoms with E-state index in [0.717, 1.165) is 17.5 Å². The minimum absolute atomic E-state index is 0.0868. The lowest BCUT2D eigenvalue weighted by Gasteiger charge is -2.15. The molecule has 2 heterocycles. The smallest absolute Gasteiger partial charge is 0.219 e. The van der Waals surface area contributed by atoms with E-state index >= 15 is 0 Å². The Balaban J connectivity index is 1.98. The molecule has 2 aromatic rings. The molecule has 0 spiro atoms. The molecule has 0 atom stereocenters. The molecule has 1 fully saturated rings. The van der Waals surface area contributed by atoms with E-state index in [1.54, 1.807) is 18.2 Å². The van der Waals surface area contributed by atoms with Gasteiger partial charge < -0.3 is 10.0 Å². The molecule has 1 aromatic carbocycles. The molecular formula is C17H24N4O4S. The molecule has 1 N–H and O–H groups in total. The Hall–Kier alpha value is -1.97. The molecule has 3 rings (SSSR count). The van der Waals surface area contributed by atoms with Crippen LogP contribution in [0.2, 0.25) is 0 Å². The molecule has 0 amide bonds. The first-order valence-electron chi connectivity index (χ1n) is 8.65. The van der Waals surface area contributed by atoms with Gasteiger partial charge in [-0.2, -0.15) is 4.68 Å². The van der Waals surface area contributed by atoms with Crippen molar-refractivity contribution in [3.05, 3.63) is 34.2 Å². The van der Waals surface area contributed by atoms with E-state index in [-0.39, 0.29) is 11.6 Å². The zero-order valence-electron chi connectivity index (χ0n) is 15.1. The average molecular weight is 380 g/mol. The lowest BCUT2D eigenvalue weighted by atomic mass is 10.1. The Morgan fingerprint density at radius 1 is 1.23 bits per heavy atom. The predicted molar refractivity (Wildman–Crippen MR) is 100 cm³/mol. The number of fused-ring (bicyclic) bond motifs is 1. The van der Waals surface area contributed by atoms with Gasteiger partial charge in [-0.25, -0.2) is 12.7 Å². The van der Waals surface area contributed by atoms with E-state index in [9.17, 15) is 18.4 Å². The third-order valence-electron chi connectivity index (χ3n) is 4.78. The van der Waals surface area contributed by atoms with Gasteiger partial charge in [-0.15, -0.1) is 4.91 Å². The van der Waals surface area contributed by atoms with Crippen LogP contribution in [-0.4, -0.2) is 61.1 Å². The number of aromatic hydroxyl groups is 1. The summed E-state index contributed by atoms with van der Waals surface area (Å²) in [6.45, 7) is 1.83. The number of nitroso groups, excluding NO2 is 1. The second kappa shape index (κ2) is 7.34. The van der Waals surface area contributed by atoms with Crippen molar-refractivity contribution >= 4 is 20.9 Å². The maximum atomic E-state index is 12.6. The SMILES string of the molecule is CN(C)CCc1c(O)n(N=O)c2ccc(CS(=O)(=O)N3CCCC3)cc12. The number of nitrogens with zero attached hydrogens (tertiary/aromatic N) is 4. The Morgan fingerprint density at radius 2 is 1.92 bits per heavy atom. The molecule has 8 nitrogen and oxygen atoms in total. The van der Waals surface area contributed by atoms with E-state index < -0.39 is 10.0 Å². The average Bonchev–Trinajstić information content (AvgIpc) is 3.19. The van der Waals surface area contributed by atoms with Gasteiger partial charge in [-0.1, -0.05) is 6.07 Å². The third-order valence-corrected chi connectivity index (χ3v) is 6.63. The van der Waals surface area contributed by atoms with Crippen molar-refractivity contribution in [3.63, 3.8) is 0 Å². The van der Waals surface area contributed by atoms with Crippen molar-refractivity contribution in [1.82, 2.24) is 13.9 Å². The van der Waals surface area contributed by atoms with Crippen LogP contribution in [0.4, 0.5) is 0 Å². The number of aromatic nitrogens is 1. The van der Waals surface area contributed by atoms with Gasteiger partial charge in [0.2, 0.25) is 15.9 Å². The molecule has 1 aliphatic rings. The van der Waals surface area contributed by atoms with Crippen molar-refractivity contribution < 1.29 is 13.5 Å². The van der Waals surface area contributed by atoms with Gasteiger partial charge in [0.05, 0.1) is 16.6 Å². The zero-order chi connectivity index (χ0) is 18.9. The van der Waals surface area contributed by atoms with E-state index in [0.29, 0.717) is 48.1 Å². The number of sulfonamides is 1. The highest BCUT2D eigenvalue weighted by atomic mass is 32.2. The second-order valence-electron chi connectivity index (χ2n) is 6.96. The molecule has 0 unspecified atom stereocenters. The third kappa shape index (κ3) is 3.60. The van der Waals surface area contributed by atoms with Crippen molar-refractivity contribution in [2.24, 2.45) is 5.29 Å². The Bertz CT molecular complexity index is 914. The Labute approximate surface area is 153 Å². The predicted octanol–water partition coefficient (Wildman–Crippen LogP) is 1.91. The maximum Gasteiger partial charge on any atom is 0.219 e. The summed E-state index contributed by atoms with van der Waals surface area (Å²) in [5.74, 6) is -0.271. The number of hydrogen-bond acceptors (Lipinski definition) is 6. The van der Waals surface area contributed by atoms with Gasteiger partial charge in [-0.3, -0.25) is 0 Å². The number of benzene rings is 1. The van der Waals surface area contributed by atoms with Crippen molar-refractivity contribution in [2.75, 3.05) is 33.7 Å². The van der Waals surface area contributed by atoms with E-state index in [1.165, 1.54) is 4.31 Å². The van der Waals surface area contributed by atoms with Crippen LogP contribution < -0.4 is 0 Å². The molecule has 0 aliphatic carbocycles. The van der Waals surface area contributed by atoms with Crippen LogP contribution in [-0.2, 0) is 22.2 Å². The fourth-order valence-corrected chi connectivity index (χ4v) is 4.99. The number of rotatable bonds is 7. The number of hydrogen-bond donors (Lipinski definition) is 1. The highest BCUT2D eigenvalue weighted by Gasteiger charge is 2.26. The van der Waals surface area contributed by atoms with Crippen LogP contribution >= 0.6 is 0 Å². The molecule has 0 saturated carbocycles. The van der Waals surface area contributed by atoms with Crippen LogP contribution in [0.3, 0.4) is 0 Å². The first-order valence-corrected chi connectivity index (χ1v) is 10.3. The van der Waals surface area contributed by atoms with Gasteiger partial charge in [0, 0.05) is 30.6 Å². The summed E-state index contributed by atoms with van der Waals surface area (Å²) >= 11 is 0. The topological polar surface area (TPSA) is 95.2 Å². The number of likely N-dealkylation sites (N-methyl/N-ethyl adjacent to an activating group) is 1. The van der Waals surface area contributed by atoms with Gasteiger partial charge in [-0.05, 0) is 51.1 Å². The lowest BCUT2D eigenvalue weighted by molar-refractivity contribution is 0.398. The first-order chi connectivity index (χ1) is 12.3. The van der Waals surface area contributed by atoms with Crippen LogP contribution in [0, 0.1) is 4.91 Å². The molecule has 1 saturated heterocycles. The quantitative estimate of drug-likeness (QED) is 0.740. The molecule has 9 heteroatoms. The minimum Gasteiger partial charge on any atom is -0.493 e. The molecule has 142 valence electrons. The second-order valence-corrected chi connectivity index (χ2v) is 8.93. The first kappa shape index (κ1) is 18.8. The molecule has 0 bridgehead atoms. The van der Waals surface area contributed by atoms with Crippen molar-refractivity contribution in [1.29, 1.82) is 0 Å². The summed E-state index contributed by atoms with van der Waals surface area (Å²) in [7, 11) is 0.479. The van der Waals surface area contributed by atoms with Gasteiger partial charge in [0.15, 0.2) is 0 Å². The Kier molecular flexibility index (Phi) is 5.31. The van der Waals surface area contributed by atoms with Crippen LogP contribution in [0.1, 0.15) is 24.0 Å². The highest BCUT2D eigenvalue weighted by Crippen LogP contribution is 2.33. The zero-order valence-corrected chi connectivity index (χ0v) is 15.9. The summed E-state index contributed by atoms with van der Waals surface area (Å²) in [5, 5.41) is 13.9. The Morgan fingerprint density at radius 3 is 2.54 bits per heavy atom.